The topological polar surface area (TPSA) is 90.0 Å². The van der Waals surface area contributed by atoms with Crippen molar-refractivity contribution in [3.63, 3.8) is 0 Å². The minimum absolute atomic E-state index is 0.142. The van der Waals surface area contributed by atoms with E-state index in [1.165, 1.54) is 23.2 Å². The molecule has 1 amide bonds. The molecule has 128 valence electrons. The van der Waals surface area contributed by atoms with Crippen LogP contribution in [-0.2, 0) is 11.3 Å². The molecule has 0 aliphatic rings. The molecule has 7 nitrogen and oxygen atoms in total. The summed E-state index contributed by atoms with van der Waals surface area (Å²) in [5, 5.41) is 3.67. The van der Waals surface area contributed by atoms with Gasteiger partial charge in [-0.2, -0.15) is 0 Å². The van der Waals surface area contributed by atoms with Gasteiger partial charge in [-0.3, -0.25) is 19.1 Å². The Morgan fingerprint density at radius 3 is 2.81 bits per heavy atom. The summed E-state index contributed by atoms with van der Waals surface area (Å²) in [6.07, 6.45) is 4.42. The lowest BCUT2D eigenvalue weighted by Gasteiger charge is -2.08. The number of amides is 1. The number of nitrogens with one attached hydrogen (secondary N) is 1. The van der Waals surface area contributed by atoms with Crippen LogP contribution in [-0.4, -0.2) is 20.4 Å². The van der Waals surface area contributed by atoms with Crippen molar-refractivity contribution in [2.24, 2.45) is 0 Å². The molecule has 7 heteroatoms. The van der Waals surface area contributed by atoms with Gasteiger partial charge in [0.15, 0.2) is 5.76 Å². The third-order valence-corrected chi connectivity index (χ3v) is 3.84. The number of hydrogen-bond donors (Lipinski definition) is 1. The van der Waals surface area contributed by atoms with Gasteiger partial charge in [0.2, 0.25) is 5.91 Å². The zero-order valence-corrected chi connectivity index (χ0v) is 13.6. The maximum Gasteiger partial charge on any atom is 0.254 e. The van der Waals surface area contributed by atoms with E-state index in [1.54, 1.807) is 18.3 Å². The lowest BCUT2D eigenvalue weighted by atomic mass is 10.2. The first-order valence-electron chi connectivity index (χ1n) is 7.94. The largest absolute Gasteiger partial charge is 0.463 e. The quantitative estimate of drug-likeness (QED) is 0.613. The molecule has 4 aromatic rings. The van der Waals surface area contributed by atoms with Crippen molar-refractivity contribution in [3.05, 3.63) is 77.7 Å². The summed E-state index contributed by atoms with van der Waals surface area (Å²) in [5.41, 5.74) is 1.51. The molecule has 0 aliphatic carbocycles. The van der Waals surface area contributed by atoms with Gasteiger partial charge in [0.05, 0.1) is 30.0 Å². The number of pyridine rings is 1. The third kappa shape index (κ3) is 3.23. The standard InChI is InChI=1S/C19H14N4O3/c24-18(22-14-8-13-4-1-2-5-15(13)20-10-14)11-23-12-21-16(9-19(23)25)17-6-3-7-26-17/h1-10,12H,11H2,(H,22,24). The van der Waals surface area contributed by atoms with Crippen LogP contribution < -0.4 is 10.9 Å². The number of hydrogen-bond acceptors (Lipinski definition) is 5. The number of furan rings is 1. The van der Waals surface area contributed by atoms with E-state index in [0.717, 1.165) is 10.9 Å². The van der Waals surface area contributed by atoms with Crippen molar-refractivity contribution < 1.29 is 9.21 Å². The molecule has 1 aromatic carbocycles. The minimum atomic E-state index is -0.336. The molecule has 0 bridgehead atoms. The van der Waals surface area contributed by atoms with Crippen molar-refractivity contribution in [2.45, 2.75) is 6.54 Å². The Hall–Kier alpha value is -3.74. The number of aromatic nitrogens is 3. The van der Waals surface area contributed by atoms with E-state index in [0.29, 0.717) is 17.1 Å². The molecule has 0 fully saturated rings. The first-order chi connectivity index (χ1) is 12.7. The lowest BCUT2D eigenvalue weighted by molar-refractivity contribution is -0.116. The number of nitrogens with zero attached hydrogens (tertiary/aromatic N) is 3. The van der Waals surface area contributed by atoms with Crippen LogP contribution in [0.15, 0.2) is 76.5 Å². The Morgan fingerprint density at radius 1 is 1.12 bits per heavy atom. The summed E-state index contributed by atoms with van der Waals surface area (Å²) < 4.78 is 6.45. The van der Waals surface area contributed by atoms with Crippen LogP contribution in [0.25, 0.3) is 22.4 Å². The molecule has 0 saturated carbocycles. The fraction of sp³-hybridized carbons (Fsp3) is 0.0526. The highest BCUT2D eigenvalue weighted by atomic mass is 16.3. The number of fused-ring (bicyclic) bond motifs is 1. The fourth-order valence-electron chi connectivity index (χ4n) is 2.60. The molecule has 0 atom stereocenters. The van der Waals surface area contributed by atoms with Crippen LogP contribution in [0.4, 0.5) is 5.69 Å². The van der Waals surface area contributed by atoms with Gasteiger partial charge in [-0.1, -0.05) is 18.2 Å². The van der Waals surface area contributed by atoms with Gasteiger partial charge < -0.3 is 9.73 Å². The normalized spacial score (nSPS) is 10.8. The Bertz CT molecular complexity index is 1130. The van der Waals surface area contributed by atoms with E-state index >= 15 is 0 Å². The minimum Gasteiger partial charge on any atom is -0.463 e. The summed E-state index contributed by atoms with van der Waals surface area (Å²) in [7, 11) is 0. The number of rotatable bonds is 4. The van der Waals surface area contributed by atoms with E-state index in [1.807, 2.05) is 30.3 Å². The first-order valence-corrected chi connectivity index (χ1v) is 7.94. The summed E-state index contributed by atoms with van der Waals surface area (Å²) in [6, 6.07) is 14.2. The zero-order valence-electron chi connectivity index (χ0n) is 13.6. The molecular formula is C19H14N4O3. The van der Waals surface area contributed by atoms with Crippen molar-refractivity contribution in [1.82, 2.24) is 14.5 Å². The van der Waals surface area contributed by atoms with Crippen molar-refractivity contribution in [1.29, 1.82) is 0 Å². The second-order valence-electron chi connectivity index (χ2n) is 5.68. The highest BCUT2D eigenvalue weighted by Gasteiger charge is 2.09. The van der Waals surface area contributed by atoms with Crippen LogP contribution in [0.5, 0.6) is 0 Å². The zero-order chi connectivity index (χ0) is 17.9. The molecular weight excluding hydrogens is 332 g/mol. The summed E-state index contributed by atoms with van der Waals surface area (Å²) in [4.78, 5) is 32.9. The highest BCUT2D eigenvalue weighted by molar-refractivity contribution is 5.92. The molecule has 3 heterocycles. The van der Waals surface area contributed by atoms with E-state index in [9.17, 15) is 9.59 Å². The van der Waals surface area contributed by atoms with Crippen molar-refractivity contribution >= 4 is 22.5 Å². The average Bonchev–Trinajstić information content (AvgIpc) is 3.18. The number of carbonyl (C=O) groups excluding carboxylic acids is 1. The highest BCUT2D eigenvalue weighted by Crippen LogP contribution is 2.16. The number of anilines is 1. The van der Waals surface area contributed by atoms with Gasteiger partial charge in [-0.25, -0.2) is 4.98 Å². The van der Waals surface area contributed by atoms with Crippen LogP contribution in [0, 0.1) is 0 Å². The summed E-state index contributed by atoms with van der Waals surface area (Å²) in [5.74, 6) is 0.165. The average molecular weight is 346 g/mol. The summed E-state index contributed by atoms with van der Waals surface area (Å²) >= 11 is 0. The van der Waals surface area contributed by atoms with Crippen LogP contribution in [0.3, 0.4) is 0 Å². The fourth-order valence-corrected chi connectivity index (χ4v) is 2.60. The number of benzene rings is 1. The molecule has 0 radical (unpaired) electrons. The molecule has 0 aliphatic heterocycles. The molecule has 1 N–H and O–H groups in total. The predicted octanol–water partition coefficient (Wildman–Crippen LogP) is 2.69. The van der Waals surface area contributed by atoms with E-state index in [2.05, 4.69) is 15.3 Å². The molecule has 4 rings (SSSR count). The van der Waals surface area contributed by atoms with Gasteiger partial charge in [-0.05, 0) is 24.3 Å². The Kier molecular flexibility index (Phi) is 4.03. The Morgan fingerprint density at radius 2 is 2.00 bits per heavy atom. The third-order valence-electron chi connectivity index (χ3n) is 3.84. The SMILES string of the molecule is O=C(Cn1cnc(-c2ccco2)cc1=O)Nc1cnc2ccccc2c1. The maximum absolute atomic E-state index is 12.2. The molecule has 3 aromatic heterocycles. The Balaban J connectivity index is 1.49. The van der Waals surface area contributed by atoms with Crippen LogP contribution >= 0.6 is 0 Å². The molecule has 0 spiro atoms. The van der Waals surface area contributed by atoms with Crippen molar-refractivity contribution in [3.8, 4) is 11.5 Å². The van der Waals surface area contributed by atoms with Crippen molar-refractivity contribution in [2.75, 3.05) is 5.32 Å². The Labute approximate surface area is 147 Å². The number of para-hydroxylation sites is 1. The molecule has 26 heavy (non-hydrogen) atoms. The van der Waals surface area contributed by atoms with E-state index in [-0.39, 0.29) is 18.0 Å². The van der Waals surface area contributed by atoms with Gasteiger partial charge in [0.1, 0.15) is 12.2 Å². The second-order valence-corrected chi connectivity index (χ2v) is 5.68. The first kappa shape index (κ1) is 15.8. The molecule has 0 unspecified atom stereocenters. The lowest BCUT2D eigenvalue weighted by Crippen LogP contribution is -2.27. The van der Waals surface area contributed by atoms with Crippen LogP contribution in [0.2, 0.25) is 0 Å². The smallest absolute Gasteiger partial charge is 0.254 e. The molecule has 0 saturated heterocycles. The van der Waals surface area contributed by atoms with Gasteiger partial charge in [0, 0.05) is 11.5 Å². The second kappa shape index (κ2) is 6.64. The maximum atomic E-state index is 12.2. The number of carbonyl (C=O) groups is 1. The van der Waals surface area contributed by atoms with Gasteiger partial charge in [0.25, 0.3) is 5.56 Å². The van der Waals surface area contributed by atoms with Crippen LogP contribution in [0.1, 0.15) is 0 Å². The predicted molar refractivity (Wildman–Crippen MR) is 96.6 cm³/mol. The monoisotopic (exact) mass is 346 g/mol. The van der Waals surface area contributed by atoms with Gasteiger partial charge >= 0.3 is 0 Å². The van der Waals surface area contributed by atoms with E-state index in [4.69, 9.17) is 4.42 Å². The van der Waals surface area contributed by atoms with Gasteiger partial charge in [-0.15, -0.1) is 0 Å². The van der Waals surface area contributed by atoms with E-state index < -0.39 is 0 Å². The summed E-state index contributed by atoms with van der Waals surface area (Å²) in [6.45, 7) is -0.142.